The Morgan fingerprint density at radius 1 is 1.54 bits per heavy atom. The standard InChI is InChI=1S/C8H11ClN4/c9-8-12-7(5-11-13-8)10-4-6-2-1-3-6/h5-6H,1-4H2,(H,10,12,13). The number of aromatic nitrogens is 3. The maximum Gasteiger partial charge on any atom is 0.244 e. The zero-order valence-electron chi connectivity index (χ0n) is 7.20. The highest BCUT2D eigenvalue weighted by Crippen LogP contribution is 2.26. The van der Waals surface area contributed by atoms with Crippen LogP contribution in [0.4, 0.5) is 5.82 Å². The summed E-state index contributed by atoms with van der Waals surface area (Å²) < 4.78 is 0. The first-order valence-electron chi connectivity index (χ1n) is 4.43. The van der Waals surface area contributed by atoms with E-state index in [1.807, 2.05) is 0 Å². The van der Waals surface area contributed by atoms with E-state index in [1.54, 1.807) is 6.20 Å². The van der Waals surface area contributed by atoms with Crippen LogP contribution in [0.1, 0.15) is 19.3 Å². The number of nitrogens with one attached hydrogen (secondary N) is 1. The van der Waals surface area contributed by atoms with E-state index in [2.05, 4.69) is 20.5 Å². The van der Waals surface area contributed by atoms with Gasteiger partial charge in [0, 0.05) is 6.54 Å². The molecule has 0 aromatic carbocycles. The smallest absolute Gasteiger partial charge is 0.244 e. The van der Waals surface area contributed by atoms with Gasteiger partial charge in [-0.2, -0.15) is 10.1 Å². The Morgan fingerprint density at radius 2 is 2.38 bits per heavy atom. The molecule has 0 saturated heterocycles. The van der Waals surface area contributed by atoms with Crippen LogP contribution >= 0.6 is 11.6 Å². The Bertz CT molecular complexity index is 287. The van der Waals surface area contributed by atoms with Crippen molar-refractivity contribution in [2.75, 3.05) is 11.9 Å². The van der Waals surface area contributed by atoms with Gasteiger partial charge >= 0.3 is 0 Å². The average molecular weight is 199 g/mol. The molecule has 1 aliphatic rings. The van der Waals surface area contributed by atoms with Crippen molar-refractivity contribution in [2.24, 2.45) is 5.92 Å². The molecule has 1 fully saturated rings. The fourth-order valence-electron chi connectivity index (χ4n) is 1.31. The van der Waals surface area contributed by atoms with Crippen LogP contribution in [0.5, 0.6) is 0 Å². The van der Waals surface area contributed by atoms with Gasteiger partial charge in [-0.1, -0.05) is 6.42 Å². The summed E-state index contributed by atoms with van der Waals surface area (Å²) in [7, 11) is 0. The Kier molecular flexibility index (Phi) is 2.59. The van der Waals surface area contributed by atoms with Crippen LogP contribution in [-0.2, 0) is 0 Å². The average Bonchev–Trinajstić information content (AvgIpc) is 2.01. The molecule has 1 aliphatic carbocycles. The van der Waals surface area contributed by atoms with Crippen LogP contribution in [0.2, 0.25) is 5.28 Å². The number of rotatable bonds is 3. The summed E-state index contributed by atoms with van der Waals surface area (Å²) in [6, 6.07) is 0. The fraction of sp³-hybridized carbons (Fsp3) is 0.625. The molecule has 0 aliphatic heterocycles. The molecule has 4 nitrogen and oxygen atoms in total. The summed E-state index contributed by atoms with van der Waals surface area (Å²) in [6.07, 6.45) is 5.58. The monoisotopic (exact) mass is 198 g/mol. The third kappa shape index (κ3) is 2.28. The lowest BCUT2D eigenvalue weighted by atomic mass is 9.85. The molecule has 1 N–H and O–H groups in total. The molecular formula is C8H11ClN4. The number of halogens is 1. The first-order valence-corrected chi connectivity index (χ1v) is 4.81. The number of hydrogen-bond donors (Lipinski definition) is 1. The molecule has 70 valence electrons. The molecule has 13 heavy (non-hydrogen) atoms. The van der Waals surface area contributed by atoms with Crippen LogP contribution in [-0.4, -0.2) is 21.7 Å². The Labute approximate surface area is 81.7 Å². The minimum absolute atomic E-state index is 0.193. The van der Waals surface area contributed by atoms with Crippen LogP contribution in [0.15, 0.2) is 6.20 Å². The number of nitrogens with zero attached hydrogens (tertiary/aromatic N) is 3. The fourth-order valence-corrected chi connectivity index (χ4v) is 1.45. The van der Waals surface area contributed by atoms with E-state index < -0.39 is 0 Å². The van der Waals surface area contributed by atoms with Crippen molar-refractivity contribution in [2.45, 2.75) is 19.3 Å². The van der Waals surface area contributed by atoms with Gasteiger partial charge in [-0.3, -0.25) is 0 Å². The second-order valence-electron chi connectivity index (χ2n) is 3.29. The van der Waals surface area contributed by atoms with Gasteiger partial charge in [0.25, 0.3) is 0 Å². The molecule has 1 saturated carbocycles. The summed E-state index contributed by atoms with van der Waals surface area (Å²) in [6.45, 7) is 0.967. The zero-order chi connectivity index (χ0) is 9.10. The SMILES string of the molecule is Clc1nncc(NCC2CCC2)n1. The van der Waals surface area contributed by atoms with E-state index in [0.29, 0.717) is 5.82 Å². The van der Waals surface area contributed by atoms with Crippen molar-refractivity contribution in [1.82, 2.24) is 15.2 Å². The van der Waals surface area contributed by atoms with Crippen LogP contribution in [0.3, 0.4) is 0 Å². The molecule has 0 spiro atoms. The quantitative estimate of drug-likeness (QED) is 0.804. The minimum atomic E-state index is 0.193. The van der Waals surface area contributed by atoms with Gasteiger partial charge in [0.2, 0.25) is 5.28 Å². The van der Waals surface area contributed by atoms with Crippen molar-refractivity contribution in [3.05, 3.63) is 11.5 Å². The summed E-state index contributed by atoms with van der Waals surface area (Å²) in [5.74, 6) is 1.51. The predicted octanol–water partition coefficient (Wildman–Crippen LogP) is 1.74. The van der Waals surface area contributed by atoms with E-state index in [1.165, 1.54) is 19.3 Å². The molecule has 2 rings (SSSR count). The minimum Gasteiger partial charge on any atom is -0.368 e. The molecule has 0 amide bonds. The zero-order valence-corrected chi connectivity index (χ0v) is 7.96. The second kappa shape index (κ2) is 3.87. The second-order valence-corrected chi connectivity index (χ2v) is 3.63. The molecule has 0 unspecified atom stereocenters. The highest BCUT2D eigenvalue weighted by Gasteiger charge is 2.16. The Morgan fingerprint density at radius 3 is 3.00 bits per heavy atom. The van der Waals surface area contributed by atoms with Crippen molar-refractivity contribution in [3.63, 3.8) is 0 Å². The van der Waals surface area contributed by atoms with Gasteiger partial charge in [0.1, 0.15) is 5.82 Å². The topological polar surface area (TPSA) is 50.7 Å². The van der Waals surface area contributed by atoms with Crippen molar-refractivity contribution in [1.29, 1.82) is 0 Å². The molecule has 1 heterocycles. The van der Waals surface area contributed by atoms with E-state index >= 15 is 0 Å². The van der Waals surface area contributed by atoms with Gasteiger partial charge in [-0.15, -0.1) is 5.10 Å². The molecule has 1 aromatic heterocycles. The summed E-state index contributed by atoms with van der Waals surface area (Å²) in [4.78, 5) is 3.98. The summed E-state index contributed by atoms with van der Waals surface area (Å²) >= 11 is 5.58. The molecule has 0 atom stereocenters. The van der Waals surface area contributed by atoms with E-state index in [-0.39, 0.29) is 5.28 Å². The van der Waals surface area contributed by atoms with Crippen molar-refractivity contribution < 1.29 is 0 Å². The van der Waals surface area contributed by atoms with Crippen molar-refractivity contribution >= 4 is 17.4 Å². The maximum absolute atomic E-state index is 5.58. The van der Waals surface area contributed by atoms with Gasteiger partial charge in [-0.05, 0) is 30.4 Å². The van der Waals surface area contributed by atoms with Gasteiger partial charge in [0.15, 0.2) is 0 Å². The summed E-state index contributed by atoms with van der Waals surface area (Å²) in [5, 5.41) is 10.6. The van der Waals surface area contributed by atoms with Gasteiger partial charge in [-0.25, -0.2) is 0 Å². The van der Waals surface area contributed by atoms with Gasteiger partial charge < -0.3 is 5.32 Å². The highest BCUT2D eigenvalue weighted by atomic mass is 35.5. The van der Waals surface area contributed by atoms with Crippen molar-refractivity contribution in [3.8, 4) is 0 Å². The lowest BCUT2D eigenvalue weighted by Gasteiger charge is -2.25. The van der Waals surface area contributed by atoms with E-state index in [0.717, 1.165) is 12.5 Å². The molecule has 5 heteroatoms. The first kappa shape index (κ1) is 8.69. The third-order valence-corrected chi connectivity index (χ3v) is 2.49. The van der Waals surface area contributed by atoms with E-state index in [9.17, 15) is 0 Å². The molecule has 1 aromatic rings. The molecule has 0 radical (unpaired) electrons. The Balaban J connectivity index is 1.86. The largest absolute Gasteiger partial charge is 0.368 e. The lowest BCUT2D eigenvalue weighted by Crippen LogP contribution is -2.21. The van der Waals surface area contributed by atoms with E-state index in [4.69, 9.17) is 11.6 Å². The molecule has 0 bridgehead atoms. The number of hydrogen-bond acceptors (Lipinski definition) is 4. The molecular weight excluding hydrogens is 188 g/mol. The lowest BCUT2D eigenvalue weighted by molar-refractivity contribution is 0.333. The maximum atomic E-state index is 5.58. The van der Waals surface area contributed by atoms with Crippen LogP contribution in [0, 0.1) is 5.92 Å². The van der Waals surface area contributed by atoms with Crippen LogP contribution < -0.4 is 5.32 Å². The normalized spacial score (nSPS) is 16.7. The van der Waals surface area contributed by atoms with Gasteiger partial charge in [0.05, 0.1) is 6.20 Å². The van der Waals surface area contributed by atoms with Crippen LogP contribution in [0.25, 0.3) is 0 Å². The first-order chi connectivity index (χ1) is 6.34. The Hall–Kier alpha value is -0.900. The predicted molar refractivity (Wildman–Crippen MR) is 50.7 cm³/mol. The summed E-state index contributed by atoms with van der Waals surface area (Å²) in [5.41, 5.74) is 0. The number of anilines is 1. The highest BCUT2D eigenvalue weighted by molar-refractivity contribution is 6.28. The third-order valence-electron chi connectivity index (χ3n) is 2.33.